The molecule has 0 radical (unpaired) electrons. The number of hydrogen-bond acceptors (Lipinski definition) is 4. The lowest BCUT2D eigenvalue weighted by atomic mass is 9.80. The number of rotatable bonds is 1. The van der Waals surface area contributed by atoms with Crippen molar-refractivity contribution in [1.29, 1.82) is 0 Å². The Balaban J connectivity index is 2.33. The van der Waals surface area contributed by atoms with Gasteiger partial charge in [-0.2, -0.15) is 5.10 Å². The molecule has 0 spiro atoms. The smallest absolute Gasteiger partial charge is 0.410 e. The SMILES string of the molecule is Cn1ncc(N)c1C1CCC(C)(C)CN1C(=O)OC(C)(C)C. The molecule has 1 aromatic heterocycles. The maximum absolute atomic E-state index is 12.7. The van der Waals surface area contributed by atoms with Crippen molar-refractivity contribution < 1.29 is 9.53 Å². The molecule has 22 heavy (non-hydrogen) atoms. The number of likely N-dealkylation sites (tertiary alicyclic amines) is 1. The number of anilines is 1. The van der Waals surface area contributed by atoms with E-state index in [0.717, 1.165) is 18.5 Å². The molecule has 2 heterocycles. The number of piperidine rings is 1. The highest BCUT2D eigenvalue weighted by atomic mass is 16.6. The number of aromatic nitrogens is 2. The first-order valence-corrected chi connectivity index (χ1v) is 7.77. The van der Waals surface area contributed by atoms with E-state index >= 15 is 0 Å². The van der Waals surface area contributed by atoms with Crippen LogP contribution in [0.3, 0.4) is 0 Å². The first-order valence-electron chi connectivity index (χ1n) is 7.77. The molecule has 1 amide bonds. The molecule has 1 aromatic rings. The molecule has 0 saturated carbocycles. The molecule has 2 rings (SSSR count). The van der Waals surface area contributed by atoms with Gasteiger partial charge in [-0.05, 0) is 39.0 Å². The summed E-state index contributed by atoms with van der Waals surface area (Å²) in [6, 6.07) is -0.0876. The zero-order chi connectivity index (χ0) is 16.7. The zero-order valence-electron chi connectivity index (χ0n) is 14.5. The fourth-order valence-electron chi connectivity index (χ4n) is 3.00. The molecular formula is C16H28N4O2. The van der Waals surface area contributed by atoms with Crippen molar-refractivity contribution >= 4 is 11.8 Å². The highest BCUT2D eigenvalue weighted by Gasteiger charge is 2.40. The van der Waals surface area contributed by atoms with Crippen molar-refractivity contribution in [1.82, 2.24) is 14.7 Å². The highest BCUT2D eigenvalue weighted by molar-refractivity contribution is 5.69. The lowest BCUT2D eigenvalue weighted by molar-refractivity contribution is -0.00903. The number of nitrogens with zero attached hydrogens (tertiary/aromatic N) is 3. The molecule has 1 aliphatic rings. The fraction of sp³-hybridized carbons (Fsp3) is 0.750. The van der Waals surface area contributed by atoms with E-state index in [1.54, 1.807) is 10.9 Å². The van der Waals surface area contributed by atoms with E-state index in [2.05, 4.69) is 18.9 Å². The molecule has 6 nitrogen and oxygen atoms in total. The van der Waals surface area contributed by atoms with Gasteiger partial charge in [-0.25, -0.2) is 4.79 Å². The van der Waals surface area contributed by atoms with Crippen LogP contribution in [-0.4, -0.2) is 32.9 Å². The van der Waals surface area contributed by atoms with Crippen LogP contribution in [0.2, 0.25) is 0 Å². The van der Waals surface area contributed by atoms with Crippen molar-refractivity contribution in [3.63, 3.8) is 0 Å². The topological polar surface area (TPSA) is 73.4 Å². The van der Waals surface area contributed by atoms with E-state index in [1.807, 2.05) is 32.7 Å². The quantitative estimate of drug-likeness (QED) is 0.865. The maximum atomic E-state index is 12.7. The zero-order valence-corrected chi connectivity index (χ0v) is 14.5. The van der Waals surface area contributed by atoms with E-state index in [-0.39, 0.29) is 17.6 Å². The second-order valence-electron chi connectivity index (χ2n) is 7.94. The predicted octanol–water partition coefficient (Wildman–Crippen LogP) is 3.10. The molecule has 1 fully saturated rings. The van der Waals surface area contributed by atoms with Gasteiger partial charge in [0.05, 0.1) is 23.6 Å². The number of hydrogen-bond donors (Lipinski definition) is 1. The molecule has 0 bridgehead atoms. The van der Waals surface area contributed by atoms with E-state index in [9.17, 15) is 4.79 Å². The van der Waals surface area contributed by atoms with Gasteiger partial charge in [-0.3, -0.25) is 9.58 Å². The molecule has 1 atom stereocenters. The highest BCUT2D eigenvalue weighted by Crippen LogP contribution is 2.41. The number of nitrogen functional groups attached to an aromatic ring is 1. The Morgan fingerprint density at radius 2 is 2.09 bits per heavy atom. The number of aryl methyl sites for hydroxylation is 1. The summed E-state index contributed by atoms with van der Waals surface area (Å²) in [7, 11) is 1.86. The van der Waals surface area contributed by atoms with E-state index in [1.165, 1.54) is 0 Å². The van der Waals surface area contributed by atoms with Crippen LogP contribution in [0.15, 0.2) is 6.20 Å². The van der Waals surface area contributed by atoms with Gasteiger partial charge in [-0.15, -0.1) is 0 Å². The average Bonchev–Trinajstić information content (AvgIpc) is 2.67. The minimum absolute atomic E-state index is 0.0702. The van der Waals surface area contributed by atoms with E-state index in [4.69, 9.17) is 10.5 Å². The van der Waals surface area contributed by atoms with Gasteiger partial charge in [0.15, 0.2) is 0 Å². The van der Waals surface area contributed by atoms with Gasteiger partial charge in [0, 0.05) is 13.6 Å². The molecule has 1 saturated heterocycles. The Morgan fingerprint density at radius 3 is 2.59 bits per heavy atom. The third kappa shape index (κ3) is 3.54. The van der Waals surface area contributed by atoms with Crippen molar-refractivity contribution in [3.05, 3.63) is 11.9 Å². The van der Waals surface area contributed by atoms with Crippen LogP contribution in [0.4, 0.5) is 10.5 Å². The summed E-state index contributed by atoms with van der Waals surface area (Å²) in [5.74, 6) is 0. The number of carbonyl (C=O) groups excluding carboxylic acids is 1. The Morgan fingerprint density at radius 1 is 1.45 bits per heavy atom. The number of nitrogens with two attached hydrogens (primary N) is 1. The molecular weight excluding hydrogens is 280 g/mol. The summed E-state index contributed by atoms with van der Waals surface area (Å²) < 4.78 is 7.35. The summed E-state index contributed by atoms with van der Waals surface area (Å²) >= 11 is 0. The minimum Gasteiger partial charge on any atom is -0.444 e. The Bertz CT molecular complexity index is 537. The maximum Gasteiger partial charge on any atom is 0.410 e. The van der Waals surface area contributed by atoms with Gasteiger partial charge in [0.25, 0.3) is 0 Å². The van der Waals surface area contributed by atoms with E-state index in [0.29, 0.717) is 12.2 Å². The summed E-state index contributed by atoms with van der Waals surface area (Å²) in [5.41, 5.74) is 7.14. The summed E-state index contributed by atoms with van der Waals surface area (Å²) in [4.78, 5) is 14.5. The predicted molar refractivity (Wildman–Crippen MR) is 86.3 cm³/mol. The van der Waals surface area contributed by atoms with Gasteiger partial charge in [0.1, 0.15) is 5.60 Å². The van der Waals surface area contributed by atoms with Crippen LogP contribution in [0.1, 0.15) is 59.2 Å². The lowest BCUT2D eigenvalue weighted by Crippen LogP contribution is -2.48. The second kappa shape index (κ2) is 5.48. The van der Waals surface area contributed by atoms with Crippen LogP contribution in [0.5, 0.6) is 0 Å². The Kier molecular flexibility index (Phi) is 4.15. The van der Waals surface area contributed by atoms with Crippen molar-refractivity contribution in [2.24, 2.45) is 12.5 Å². The van der Waals surface area contributed by atoms with Crippen molar-refractivity contribution in [2.75, 3.05) is 12.3 Å². The Labute approximate surface area is 132 Å². The minimum atomic E-state index is -0.513. The third-order valence-electron chi connectivity index (χ3n) is 4.03. The van der Waals surface area contributed by atoms with Crippen LogP contribution >= 0.6 is 0 Å². The monoisotopic (exact) mass is 308 g/mol. The summed E-state index contributed by atoms with van der Waals surface area (Å²) in [5, 5.41) is 4.21. The van der Waals surface area contributed by atoms with Crippen LogP contribution in [0.25, 0.3) is 0 Å². The molecule has 1 aliphatic heterocycles. The molecule has 0 aromatic carbocycles. The first-order chi connectivity index (χ1) is 10.0. The van der Waals surface area contributed by atoms with Gasteiger partial charge in [-0.1, -0.05) is 13.8 Å². The van der Waals surface area contributed by atoms with Gasteiger partial charge >= 0.3 is 6.09 Å². The van der Waals surface area contributed by atoms with Gasteiger partial charge < -0.3 is 10.5 Å². The van der Waals surface area contributed by atoms with Crippen molar-refractivity contribution in [3.8, 4) is 0 Å². The van der Waals surface area contributed by atoms with E-state index < -0.39 is 5.60 Å². The van der Waals surface area contributed by atoms with Crippen LogP contribution < -0.4 is 5.73 Å². The second-order valence-corrected chi connectivity index (χ2v) is 7.94. The summed E-state index contributed by atoms with van der Waals surface area (Å²) in [6.45, 7) is 10.6. The van der Waals surface area contributed by atoms with Crippen molar-refractivity contribution in [2.45, 2.75) is 59.1 Å². The fourth-order valence-corrected chi connectivity index (χ4v) is 3.00. The van der Waals surface area contributed by atoms with Crippen LogP contribution in [-0.2, 0) is 11.8 Å². The average molecular weight is 308 g/mol. The largest absolute Gasteiger partial charge is 0.444 e. The number of carbonyl (C=O) groups is 1. The first kappa shape index (κ1) is 16.6. The van der Waals surface area contributed by atoms with Crippen LogP contribution in [0, 0.1) is 5.41 Å². The molecule has 0 aliphatic carbocycles. The third-order valence-corrected chi connectivity index (χ3v) is 4.03. The molecule has 6 heteroatoms. The standard InChI is InChI=1S/C16H28N4O2/c1-15(2,3)22-14(21)20-10-16(4,5)8-7-12(20)13-11(17)9-18-19(13)6/h9,12H,7-8,10,17H2,1-6H3. The Hall–Kier alpha value is -1.72. The summed E-state index contributed by atoms with van der Waals surface area (Å²) in [6.07, 6.45) is 3.24. The normalized spacial score (nSPS) is 21.7. The number of amides is 1. The number of ether oxygens (including phenoxy) is 1. The lowest BCUT2D eigenvalue weighted by Gasteiger charge is -2.43. The molecule has 2 N–H and O–H groups in total. The molecule has 1 unspecified atom stereocenters. The molecule has 124 valence electrons. The van der Waals surface area contributed by atoms with Gasteiger partial charge in [0.2, 0.25) is 0 Å².